The van der Waals surface area contributed by atoms with E-state index >= 15 is 0 Å². The van der Waals surface area contributed by atoms with Gasteiger partial charge in [0.15, 0.2) is 9.84 Å². The van der Waals surface area contributed by atoms with Crippen molar-refractivity contribution in [3.05, 3.63) is 53.8 Å². The maximum Gasteiger partial charge on any atom is 0.175 e. The van der Waals surface area contributed by atoms with Gasteiger partial charge in [-0.3, -0.25) is 0 Å². The molecule has 0 bridgehead atoms. The van der Waals surface area contributed by atoms with Crippen LogP contribution < -0.4 is 5.73 Å². The van der Waals surface area contributed by atoms with Crippen molar-refractivity contribution >= 4 is 21.6 Å². The molecular formula is C14H14FNO2S2. The molecule has 20 heavy (non-hydrogen) atoms. The average molecular weight is 311 g/mol. The van der Waals surface area contributed by atoms with Gasteiger partial charge in [0.05, 0.1) is 4.90 Å². The molecule has 2 N–H and O–H groups in total. The first-order chi connectivity index (χ1) is 9.38. The number of nitrogens with two attached hydrogens (primary N) is 1. The van der Waals surface area contributed by atoms with E-state index in [2.05, 4.69) is 0 Å². The molecule has 0 spiro atoms. The highest BCUT2D eigenvalue weighted by Crippen LogP contribution is 2.29. The molecule has 3 nitrogen and oxygen atoms in total. The van der Waals surface area contributed by atoms with Crippen LogP contribution in [-0.4, -0.2) is 14.7 Å². The maximum atomic E-state index is 13.4. The standard InChI is InChI=1S/C14H14FNO2S2/c1-20(17,18)14-4-2-12(3-5-14)19-13-7-10(9-16)6-11(15)8-13/h2-8H,9,16H2,1H3. The molecule has 0 aromatic heterocycles. The monoisotopic (exact) mass is 311 g/mol. The summed E-state index contributed by atoms with van der Waals surface area (Å²) in [5.74, 6) is -0.330. The van der Waals surface area contributed by atoms with E-state index in [1.54, 1.807) is 24.3 Å². The Kier molecular flexibility index (Phi) is 4.47. The van der Waals surface area contributed by atoms with Crippen molar-refractivity contribution < 1.29 is 12.8 Å². The summed E-state index contributed by atoms with van der Waals surface area (Å²) in [6, 6.07) is 11.1. The summed E-state index contributed by atoms with van der Waals surface area (Å²) in [4.78, 5) is 1.84. The molecule has 106 valence electrons. The van der Waals surface area contributed by atoms with Gasteiger partial charge < -0.3 is 5.73 Å². The molecule has 6 heteroatoms. The smallest absolute Gasteiger partial charge is 0.175 e. The van der Waals surface area contributed by atoms with Crippen LogP contribution in [0, 0.1) is 5.82 Å². The Balaban J connectivity index is 2.24. The second-order valence-corrected chi connectivity index (χ2v) is 7.51. The lowest BCUT2D eigenvalue weighted by Crippen LogP contribution is -1.97. The summed E-state index contributed by atoms with van der Waals surface area (Å²) in [5, 5.41) is 0. The van der Waals surface area contributed by atoms with Crippen LogP contribution in [0.15, 0.2) is 57.2 Å². The Morgan fingerprint density at radius 2 is 1.75 bits per heavy atom. The van der Waals surface area contributed by atoms with E-state index < -0.39 is 9.84 Å². The number of rotatable bonds is 4. The highest BCUT2D eigenvalue weighted by atomic mass is 32.2. The van der Waals surface area contributed by atoms with Gasteiger partial charge in [-0.2, -0.15) is 0 Å². The van der Waals surface area contributed by atoms with Gasteiger partial charge >= 0.3 is 0 Å². The van der Waals surface area contributed by atoms with E-state index in [0.29, 0.717) is 0 Å². The van der Waals surface area contributed by atoms with E-state index in [4.69, 9.17) is 5.73 Å². The number of halogens is 1. The van der Waals surface area contributed by atoms with Gasteiger partial charge in [-0.25, -0.2) is 12.8 Å². The van der Waals surface area contributed by atoms with Crippen molar-refractivity contribution in [1.82, 2.24) is 0 Å². The third-order valence-electron chi connectivity index (χ3n) is 2.65. The minimum Gasteiger partial charge on any atom is -0.326 e. The third-order valence-corrected chi connectivity index (χ3v) is 4.76. The number of hydrogen-bond acceptors (Lipinski definition) is 4. The fourth-order valence-corrected chi connectivity index (χ4v) is 3.25. The Bertz CT molecular complexity index is 712. The molecule has 2 aromatic rings. The van der Waals surface area contributed by atoms with Crippen molar-refractivity contribution in [2.75, 3.05) is 6.26 Å². The molecule has 0 saturated heterocycles. The van der Waals surface area contributed by atoms with Crippen LogP contribution in [0.4, 0.5) is 4.39 Å². The van der Waals surface area contributed by atoms with Crippen LogP contribution in [0.2, 0.25) is 0 Å². The van der Waals surface area contributed by atoms with E-state index in [0.717, 1.165) is 21.6 Å². The molecule has 0 aliphatic rings. The van der Waals surface area contributed by atoms with Crippen LogP contribution in [0.25, 0.3) is 0 Å². The SMILES string of the molecule is CS(=O)(=O)c1ccc(Sc2cc(F)cc(CN)c2)cc1. The maximum absolute atomic E-state index is 13.4. The number of hydrogen-bond donors (Lipinski definition) is 1. The first-order valence-electron chi connectivity index (χ1n) is 5.86. The van der Waals surface area contributed by atoms with Crippen LogP contribution in [0.3, 0.4) is 0 Å². The molecule has 0 saturated carbocycles. The quantitative estimate of drug-likeness (QED) is 0.943. The molecule has 0 fully saturated rings. The zero-order valence-electron chi connectivity index (χ0n) is 10.8. The minimum atomic E-state index is -3.20. The highest BCUT2D eigenvalue weighted by Gasteiger charge is 2.07. The topological polar surface area (TPSA) is 60.2 Å². The normalized spacial score (nSPS) is 11.6. The van der Waals surface area contributed by atoms with Crippen LogP contribution in [-0.2, 0) is 16.4 Å². The summed E-state index contributed by atoms with van der Waals surface area (Å²) in [6.45, 7) is 0.276. The Labute approximate surface area is 121 Å². The van der Waals surface area contributed by atoms with Gasteiger partial charge in [0.2, 0.25) is 0 Å². The van der Waals surface area contributed by atoms with E-state index in [9.17, 15) is 12.8 Å². The Morgan fingerprint density at radius 3 is 2.30 bits per heavy atom. The van der Waals surface area contributed by atoms with Gasteiger partial charge in [0, 0.05) is 22.6 Å². The summed E-state index contributed by atoms with van der Waals surface area (Å²) in [6.07, 6.45) is 1.16. The zero-order chi connectivity index (χ0) is 14.8. The Morgan fingerprint density at radius 1 is 1.10 bits per heavy atom. The van der Waals surface area contributed by atoms with Gasteiger partial charge in [0.25, 0.3) is 0 Å². The van der Waals surface area contributed by atoms with Gasteiger partial charge in [-0.05, 0) is 48.0 Å². The van der Waals surface area contributed by atoms with Crippen molar-refractivity contribution in [3.63, 3.8) is 0 Å². The number of sulfone groups is 1. The van der Waals surface area contributed by atoms with Gasteiger partial charge in [-0.1, -0.05) is 11.8 Å². The van der Waals surface area contributed by atoms with Crippen LogP contribution in [0.1, 0.15) is 5.56 Å². The van der Waals surface area contributed by atoms with Gasteiger partial charge in [0.1, 0.15) is 5.82 Å². The molecule has 0 radical (unpaired) electrons. The molecular weight excluding hydrogens is 297 g/mol. The summed E-state index contributed by atoms with van der Waals surface area (Å²) in [7, 11) is -3.20. The largest absolute Gasteiger partial charge is 0.326 e. The van der Waals surface area contributed by atoms with Crippen LogP contribution in [0.5, 0.6) is 0 Å². The van der Waals surface area contributed by atoms with Gasteiger partial charge in [-0.15, -0.1) is 0 Å². The molecule has 0 atom stereocenters. The van der Waals surface area contributed by atoms with Crippen molar-refractivity contribution in [2.45, 2.75) is 21.2 Å². The molecule has 0 amide bonds. The Hall–Kier alpha value is -1.37. The second-order valence-electron chi connectivity index (χ2n) is 4.34. The molecule has 2 rings (SSSR count). The predicted octanol–water partition coefficient (Wildman–Crippen LogP) is 2.84. The summed E-state index contributed by atoms with van der Waals surface area (Å²) >= 11 is 1.36. The van der Waals surface area contributed by atoms with Crippen molar-refractivity contribution in [1.29, 1.82) is 0 Å². The lowest BCUT2D eigenvalue weighted by atomic mass is 10.2. The first kappa shape index (κ1) is 15.0. The minimum absolute atomic E-state index is 0.267. The fraction of sp³-hybridized carbons (Fsp3) is 0.143. The second kappa shape index (κ2) is 5.95. The molecule has 2 aromatic carbocycles. The zero-order valence-corrected chi connectivity index (χ0v) is 12.5. The van der Waals surface area contributed by atoms with E-state index in [-0.39, 0.29) is 17.3 Å². The summed E-state index contributed by atoms with van der Waals surface area (Å²) in [5.41, 5.74) is 6.23. The van der Waals surface area contributed by atoms with Crippen LogP contribution >= 0.6 is 11.8 Å². The van der Waals surface area contributed by atoms with E-state index in [1.807, 2.05) is 6.07 Å². The fourth-order valence-electron chi connectivity index (χ4n) is 1.69. The number of benzene rings is 2. The average Bonchev–Trinajstić information content (AvgIpc) is 2.37. The molecule has 0 aliphatic heterocycles. The van der Waals surface area contributed by atoms with Crippen molar-refractivity contribution in [3.8, 4) is 0 Å². The van der Waals surface area contributed by atoms with Crippen molar-refractivity contribution in [2.24, 2.45) is 5.73 Å². The highest BCUT2D eigenvalue weighted by molar-refractivity contribution is 7.99. The molecule has 0 unspecified atom stereocenters. The molecule has 0 aliphatic carbocycles. The third kappa shape index (κ3) is 3.82. The van der Waals surface area contributed by atoms with E-state index in [1.165, 1.54) is 23.9 Å². The lowest BCUT2D eigenvalue weighted by Gasteiger charge is -2.05. The first-order valence-corrected chi connectivity index (χ1v) is 8.57. The summed E-state index contributed by atoms with van der Waals surface area (Å²) < 4.78 is 36.1. The molecule has 0 heterocycles. The predicted molar refractivity (Wildman–Crippen MR) is 78.0 cm³/mol. The lowest BCUT2D eigenvalue weighted by molar-refractivity contribution is 0.602.